The van der Waals surface area contributed by atoms with Crippen LogP contribution in [0.15, 0.2) is 18.2 Å². The van der Waals surface area contributed by atoms with Gasteiger partial charge in [0, 0.05) is 24.7 Å². The van der Waals surface area contributed by atoms with E-state index in [9.17, 15) is 10.1 Å². The molecule has 0 saturated heterocycles. The number of non-ortho nitro benzene ring substituents is 1. The van der Waals surface area contributed by atoms with E-state index < -0.39 is 4.92 Å². The predicted octanol–water partition coefficient (Wildman–Crippen LogP) is 3.05. The Morgan fingerprint density at radius 1 is 1.33 bits per heavy atom. The normalized spacial score (nSPS) is 11.0. The maximum absolute atomic E-state index is 10.7. The summed E-state index contributed by atoms with van der Waals surface area (Å²) in [4.78, 5) is 12.4. The molecule has 0 aliphatic carbocycles. The van der Waals surface area contributed by atoms with Gasteiger partial charge in [0.15, 0.2) is 0 Å². The van der Waals surface area contributed by atoms with Gasteiger partial charge in [-0.15, -0.1) is 0 Å². The van der Waals surface area contributed by atoms with E-state index in [4.69, 9.17) is 5.73 Å². The number of nitro benzene ring substituents is 1. The van der Waals surface area contributed by atoms with Gasteiger partial charge in [0.2, 0.25) is 0 Å². The minimum Gasteiger partial charge on any atom is -0.397 e. The van der Waals surface area contributed by atoms with Crippen molar-refractivity contribution in [3.63, 3.8) is 0 Å². The maximum Gasteiger partial charge on any atom is 0.271 e. The number of nitrogens with zero attached hydrogens (tertiary/aromatic N) is 2. The van der Waals surface area contributed by atoms with Crippen molar-refractivity contribution in [3.8, 4) is 0 Å². The first-order valence-corrected chi connectivity index (χ1v) is 6.13. The molecule has 0 aliphatic heterocycles. The second-order valence-corrected chi connectivity index (χ2v) is 5.14. The summed E-state index contributed by atoms with van der Waals surface area (Å²) in [6.07, 6.45) is 0. The molecule has 0 aromatic heterocycles. The third-order valence-electron chi connectivity index (χ3n) is 2.72. The highest BCUT2D eigenvalue weighted by Gasteiger charge is 2.17. The molecule has 100 valence electrons. The van der Waals surface area contributed by atoms with E-state index in [0.717, 1.165) is 12.2 Å². The first-order chi connectivity index (χ1) is 8.32. The van der Waals surface area contributed by atoms with Crippen LogP contribution >= 0.6 is 0 Å². The van der Waals surface area contributed by atoms with Crippen LogP contribution in [0, 0.1) is 16.0 Å². The van der Waals surface area contributed by atoms with Gasteiger partial charge in [-0.25, -0.2) is 0 Å². The van der Waals surface area contributed by atoms with E-state index in [1.165, 1.54) is 12.1 Å². The van der Waals surface area contributed by atoms with Crippen molar-refractivity contribution < 1.29 is 4.92 Å². The number of rotatable bonds is 5. The van der Waals surface area contributed by atoms with Crippen LogP contribution in [0.5, 0.6) is 0 Å². The zero-order chi connectivity index (χ0) is 13.9. The Labute approximate surface area is 108 Å². The number of nitrogens with two attached hydrogens (primary N) is 1. The fourth-order valence-electron chi connectivity index (χ4n) is 1.90. The molecule has 0 aliphatic rings. The Morgan fingerprint density at radius 3 is 2.33 bits per heavy atom. The van der Waals surface area contributed by atoms with Crippen LogP contribution in [0.4, 0.5) is 17.1 Å². The standard InChI is InChI=1S/C13H21N3O2/c1-9(2)8-15(10(3)4)13-6-5-11(16(17)18)7-12(13)14/h5-7,9-10H,8,14H2,1-4H3. The monoisotopic (exact) mass is 251 g/mol. The topological polar surface area (TPSA) is 72.4 Å². The van der Waals surface area contributed by atoms with Gasteiger partial charge in [0.1, 0.15) is 0 Å². The van der Waals surface area contributed by atoms with Gasteiger partial charge >= 0.3 is 0 Å². The lowest BCUT2D eigenvalue weighted by atomic mass is 10.1. The minimum absolute atomic E-state index is 0.0319. The van der Waals surface area contributed by atoms with Crippen LogP contribution in [0.25, 0.3) is 0 Å². The average Bonchev–Trinajstić information content (AvgIpc) is 2.25. The molecular formula is C13H21N3O2. The third-order valence-corrected chi connectivity index (χ3v) is 2.72. The Balaban J connectivity index is 3.09. The molecule has 0 bridgehead atoms. The van der Waals surface area contributed by atoms with Gasteiger partial charge in [-0.2, -0.15) is 0 Å². The molecule has 18 heavy (non-hydrogen) atoms. The van der Waals surface area contributed by atoms with Crippen LogP contribution in [-0.2, 0) is 0 Å². The van der Waals surface area contributed by atoms with Gasteiger partial charge in [0.25, 0.3) is 5.69 Å². The quantitative estimate of drug-likeness (QED) is 0.496. The number of nitro groups is 1. The summed E-state index contributed by atoms with van der Waals surface area (Å²) >= 11 is 0. The van der Waals surface area contributed by atoms with Crippen molar-refractivity contribution in [1.29, 1.82) is 0 Å². The molecule has 0 radical (unpaired) electrons. The van der Waals surface area contributed by atoms with Crippen LogP contribution in [-0.4, -0.2) is 17.5 Å². The average molecular weight is 251 g/mol. The van der Waals surface area contributed by atoms with Crippen molar-refractivity contribution >= 4 is 17.1 Å². The first-order valence-electron chi connectivity index (χ1n) is 6.13. The molecule has 0 saturated carbocycles. The van der Waals surface area contributed by atoms with E-state index in [1.807, 2.05) is 0 Å². The van der Waals surface area contributed by atoms with Gasteiger partial charge in [-0.05, 0) is 25.8 Å². The molecule has 1 aromatic carbocycles. The smallest absolute Gasteiger partial charge is 0.271 e. The van der Waals surface area contributed by atoms with Crippen LogP contribution < -0.4 is 10.6 Å². The van der Waals surface area contributed by atoms with E-state index in [1.54, 1.807) is 6.07 Å². The van der Waals surface area contributed by atoms with Crippen LogP contribution in [0.3, 0.4) is 0 Å². The Bertz CT molecular complexity index is 430. The lowest BCUT2D eigenvalue weighted by Gasteiger charge is -2.31. The third kappa shape index (κ3) is 3.35. The molecule has 0 atom stereocenters. The highest BCUT2D eigenvalue weighted by Crippen LogP contribution is 2.29. The molecule has 1 rings (SSSR count). The Hall–Kier alpha value is -1.78. The second-order valence-electron chi connectivity index (χ2n) is 5.14. The van der Waals surface area contributed by atoms with Crippen molar-refractivity contribution in [3.05, 3.63) is 28.3 Å². The number of nitrogen functional groups attached to an aromatic ring is 1. The van der Waals surface area contributed by atoms with E-state index in [-0.39, 0.29) is 5.69 Å². The van der Waals surface area contributed by atoms with Crippen molar-refractivity contribution in [2.45, 2.75) is 33.7 Å². The van der Waals surface area contributed by atoms with Gasteiger partial charge in [-0.1, -0.05) is 13.8 Å². The molecule has 5 nitrogen and oxygen atoms in total. The SMILES string of the molecule is CC(C)CN(c1ccc([N+](=O)[O-])cc1N)C(C)C. The molecule has 0 spiro atoms. The lowest BCUT2D eigenvalue weighted by molar-refractivity contribution is -0.384. The highest BCUT2D eigenvalue weighted by molar-refractivity contribution is 5.71. The Morgan fingerprint density at radius 2 is 1.94 bits per heavy atom. The summed E-state index contributed by atoms with van der Waals surface area (Å²) in [7, 11) is 0. The molecule has 5 heteroatoms. The predicted molar refractivity (Wildman–Crippen MR) is 74.8 cm³/mol. The molecule has 0 amide bonds. The largest absolute Gasteiger partial charge is 0.397 e. The molecule has 2 N–H and O–H groups in total. The molecule has 0 fully saturated rings. The fraction of sp³-hybridized carbons (Fsp3) is 0.538. The second kappa shape index (κ2) is 5.71. The Kier molecular flexibility index (Phi) is 4.53. The number of hydrogen-bond acceptors (Lipinski definition) is 4. The van der Waals surface area contributed by atoms with Crippen LogP contribution in [0.1, 0.15) is 27.7 Å². The number of anilines is 2. The summed E-state index contributed by atoms with van der Waals surface area (Å²) < 4.78 is 0. The van der Waals surface area contributed by atoms with E-state index in [2.05, 4.69) is 32.6 Å². The first kappa shape index (κ1) is 14.3. The van der Waals surface area contributed by atoms with Crippen molar-refractivity contribution in [2.75, 3.05) is 17.2 Å². The summed E-state index contributed by atoms with van der Waals surface area (Å²) in [5, 5.41) is 10.7. The zero-order valence-corrected chi connectivity index (χ0v) is 11.4. The molecule has 0 unspecified atom stereocenters. The highest BCUT2D eigenvalue weighted by atomic mass is 16.6. The molecule has 0 heterocycles. The number of hydrogen-bond donors (Lipinski definition) is 1. The van der Waals surface area contributed by atoms with Crippen LogP contribution in [0.2, 0.25) is 0 Å². The van der Waals surface area contributed by atoms with Crippen molar-refractivity contribution in [1.82, 2.24) is 0 Å². The summed E-state index contributed by atoms with van der Waals surface area (Å²) in [6.45, 7) is 9.32. The lowest BCUT2D eigenvalue weighted by Crippen LogP contribution is -2.34. The molecule has 1 aromatic rings. The van der Waals surface area contributed by atoms with Crippen molar-refractivity contribution in [2.24, 2.45) is 5.92 Å². The maximum atomic E-state index is 10.7. The summed E-state index contributed by atoms with van der Waals surface area (Å²) in [5.41, 5.74) is 7.28. The zero-order valence-electron chi connectivity index (χ0n) is 11.4. The van der Waals surface area contributed by atoms with Gasteiger partial charge in [0.05, 0.1) is 16.3 Å². The minimum atomic E-state index is -0.428. The van der Waals surface area contributed by atoms with E-state index >= 15 is 0 Å². The summed E-state index contributed by atoms with van der Waals surface area (Å²) in [5.74, 6) is 0.502. The fourth-order valence-corrected chi connectivity index (χ4v) is 1.90. The summed E-state index contributed by atoms with van der Waals surface area (Å²) in [6, 6.07) is 4.96. The van der Waals surface area contributed by atoms with Gasteiger partial charge in [-0.3, -0.25) is 10.1 Å². The van der Waals surface area contributed by atoms with E-state index in [0.29, 0.717) is 17.6 Å². The van der Waals surface area contributed by atoms with Gasteiger partial charge < -0.3 is 10.6 Å². The molecular weight excluding hydrogens is 230 g/mol. The number of benzene rings is 1.